The van der Waals surface area contributed by atoms with E-state index in [0.29, 0.717) is 23.7 Å². The van der Waals surface area contributed by atoms with E-state index in [-0.39, 0.29) is 11.8 Å². The van der Waals surface area contributed by atoms with Crippen molar-refractivity contribution in [3.8, 4) is 11.3 Å². The lowest BCUT2D eigenvalue weighted by molar-refractivity contribution is 0.0939. The molecule has 0 aliphatic carbocycles. The van der Waals surface area contributed by atoms with Crippen LogP contribution in [0.2, 0.25) is 0 Å². The SMILES string of the molecule is CC(CNC(=O)c1cc(-c2ccccc2)nc2ncnn12)Cn1cccn1. The molecule has 0 aliphatic rings. The summed E-state index contributed by atoms with van der Waals surface area (Å²) in [5, 5.41) is 11.3. The Morgan fingerprint density at radius 1 is 1.19 bits per heavy atom. The normalized spacial score (nSPS) is 12.2. The minimum Gasteiger partial charge on any atom is -0.350 e. The lowest BCUT2D eigenvalue weighted by Crippen LogP contribution is -2.31. The van der Waals surface area contributed by atoms with Crippen molar-refractivity contribution in [2.24, 2.45) is 5.92 Å². The van der Waals surface area contributed by atoms with E-state index in [1.54, 1.807) is 12.3 Å². The van der Waals surface area contributed by atoms with Crippen LogP contribution in [0.25, 0.3) is 17.0 Å². The van der Waals surface area contributed by atoms with Crippen molar-refractivity contribution in [2.75, 3.05) is 6.54 Å². The molecule has 1 aromatic carbocycles. The second kappa shape index (κ2) is 7.36. The van der Waals surface area contributed by atoms with Crippen molar-refractivity contribution in [3.63, 3.8) is 0 Å². The van der Waals surface area contributed by atoms with Crippen molar-refractivity contribution in [1.29, 1.82) is 0 Å². The van der Waals surface area contributed by atoms with Crippen LogP contribution in [0.15, 0.2) is 61.2 Å². The topological polar surface area (TPSA) is 90.0 Å². The number of hydrogen-bond donors (Lipinski definition) is 1. The van der Waals surface area contributed by atoms with Gasteiger partial charge in [-0.25, -0.2) is 4.98 Å². The monoisotopic (exact) mass is 361 g/mol. The zero-order valence-electron chi connectivity index (χ0n) is 14.9. The molecule has 3 aromatic heterocycles. The molecule has 1 N–H and O–H groups in total. The Bertz CT molecular complexity index is 1040. The van der Waals surface area contributed by atoms with Gasteiger partial charge in [-0.15, -0.1) is 0 Å². The highest BCUT2D eigenvalue weighted by Gasteiger charge is 2.16. The number of amides is 1. The molecule has 8 nitrogen and oxygen atoms in total. The predicted molar refractivity (Wildman–Crippen MR) is 99.9 cm³/mol. The highest BCUT2D eigenvalue weighted by atomic mass is 16.2. The molecule has 0 bridgehead atoms. The van der Waals surface area contributed by atoms with Gasteiger partial charge in [-0.05, 0) is 18.1 Å². The van der Waals surface area contributed by atoms with Gasteiger partial charge >= 0.3 is 0 Å². The maximum Gasteiger partial charge on any atom is 0.270 e. The van der Waals surface area contributed by atoms with Crippen molar-refractivity contribution in [1.82, 2.24) is 34.7 Å². The first kappa shape index (κ1) is 16.9. The number of aromatic nitrogens is 6. The van der Waals surface area contributed by atoms with Gasteiger partial charge in [0.05, 0.1) is 5.69 Å². The molecule has 0 aliphatic heterocycles. The Kier molecular flexibility index (Phi) is 4.61. The van der Waals surface area contributed by atoms with Crippen LogP contribution >= 0.6 is 0 Å². The zero-order chi connectivity index (χ0) is 18.6. The van der Waals surface area contributed by atoms with E-state index in [2.05, 4.69) is 32.4 Å². The molecule has 1 amide bonds. The summed E-state index contributed by atoms with van der Waals surface area (Å²) < 4.78 is 3.31. The minimum atomic E-state index is -0.211. The maximum absolute atomic E-state index is 12.8. The summed E-state index contributed by atoms with van der Waals surface area (Å²) in [4.78, 5) is 21.4. The van der Waals surface area contributed by atoms with Crippen LogP contribution in [0.1, 0.15) is 17.4 Å². The molecular formula is C19H19N7O. The van der Waals surface area contributed by atoms with Crippen LogP contribution in [-0.2, 0) is 6.54 Å². The average molecular weight is 361 g/mol. The second-order valence-electron chi connectivity index (χ2n) is 6.41. The first-order valence-corrected chi connectivity index (χ1v) is 8.72. The smallest absolute Gasteiger partial charge is 0.270 e. The molecule has 0 saturated heterocycles. The third kappa shape index (κ3) is 3.69. The highest BCUT2D eigenvalue weighted by Crippen LogP contribution is 2.18. The third-order valence-electron chi connectivity index (χ3n) is 4.22. The van der Waals surface area contributed by atoms with Crippen LogP contribution in [0, 0.1) is 5.92 Å². The van der Waals surface area contributed by atoms with Crippen molar-refractivity contribution in [3.05, 3.63) is 66.9 Å². The molecule has 0 spiro atoms. The zero-order valence-corrected chi connectivity index (χ0v) is 14.9. The molecule has 0 radical (unpaired) electrons. The number of carbonyl (C=O) groups is 1. The third-order valence-corrected chi connectivity index (χ3v) is 4.22. The predicted octanol–water partition coefficient (Wildman–Crippen LogP) is 2.05. The van der Waals surface area contributed by atoms with E-state index in [0.717, 1.165) is 12.1 Å². The summed E-state index contributed by atoms with van der Waals surface area (Å²) in [7, 11) is 0. The number of benzene rings is 1. The number of carbonyl (C=O) groups excluding carboxylic acids is 1. The molecule has 27 heavy (non-hydrogen) atoms. The first-order valence-electron chi connectivity index (χ1n) is 8.72. The largest absolute Gasteiger partial charge is 0.350 e. The summed E-state index contributed by atoms with van der Waals surface area (Å²) in [6, 6.07) is 13.3. The lowest BCUT2D eigenvalue weighted by Gasteiger charge is -2.13. The second-order valence-corrected chi connectivity index (χ2v) is 6.41. The number of nitrogens with one attached hydrogen (secondary N) is 1. The van der Waals surface area contributed by atoms with E-state index in [9.17, 15) is 4.79 Å². The van der Waals surface area contributed by atoms with Gasteiger partial charge in [-0.1, -0.05) is 37.3 Å². The van der Waals surface area contributed by atoms with Gasteiger partial charge in [0.1, 0.15) is 12.0 Å². The lowest BCUT2D eigenvalue weighted by atomic mass is 10.1. The maximum atomic E-state index is 12.8. The molecule has 1 unspecified atom stereocenters. The molecule has 3 heterocycles. The molecular weight excluding hydrogens is 342 g/mol. The summed E-state index contributed by atoms with van der Waals surface area (Å²) in [6.07, 6.45) is 5.05. The van der Waals surface area contributed by atoms with Gasteiger partial charge in [-0.3, -0.25) is 9.48 Å². The standard InChI is InChI=1S/C19H19N7O/c1-14(12-25-9-5-8-22-25)11-20-18(27)17-10-16(15-6-3-2-4-7-15)24-19-21-13-23-26(17)19/h2-10,13-14H,11-12H2,1H3,(H,20,27). The molecule has 1 atom stereocenters. The minimum absolute atomic E-state index is 0.211. The fourth-order valence-electron chi connectivity index (χ4n) is 2.88. The Morgan fingerprint density at radius 2 is 2.04 bits per heavy atom. The molecule has 8 heteroatoms. The van der Waals surface area contributed by atoms with Crippen LogP contribution in [0.3, 0.4) is 0 Å². The number of fused-ring (bicyclic) bond motifs is 1. The van der Waals surface area contributed by atoms with Crippen LogP contribution in [0.5, 0.6) is 0 Å². The van der Waals surface area contributed by atoms with Gasteiger partial charge in [0.15, 0.2) is 0 Å². The van der Waals surface area contributed by atoms with Crippen molar-refractivity contribution in [2.45, 2.75) is 13.5 Å². The summed E-state index contributed by atoms with van der Waals surface area (Å²) >= 11 is 0. The fourth-order valence-corrected chi connectivity index (χ4v) is 2.88. The van der Waals surface area contributed by atoms with Crippen LogP contribution < -0.4 is 5.32 Å². The van der Waals surface area contributed by atoms with Crippen molar-refractivity contribution < 1.29 is 4.79 Å². The first-order chi connectivity index (χ1) is 13.2. The van der Waals surface area contributed by atoms with Gasteiger partial charge in [0.2, 0.25) is 0 Å². The van der Waals surface area contributed by atoms with E-state index in [1.165, 1.54) is 10.8 Å². The van der Waals surface area contributed by atoms with E-state index in [4.69, 9.17) is 0 Å². The fraction of sp³-hybridized carbons (Fsp3) is 0.211. The van der Waals surface area contributed by atoms with E-state index >= 15 is 0 Å². The van der Waals surface area contributed by atoms with E-state index in [1.807, 2.05) is 47.3 Å². The Hall–Kier alpha value is -3.55. The van der Waals surface area contributed by atoms with E-state index < -0.39 is 0 Å². The highest BCUT2D eigenvalue weighted by molar-refractivity contribution is 5.94. The molecule has 0 fully saturated rings. The van der Waals surface area contributed by atoms with Gasteiger partial charge in [0, 0.05) is 31.0 Å². The molecule has 4 aromatic rings. The quantitative estimate of drug-likeness (QED) is 0.568. The summed E-state index contributed by atoms with van der Waals surface area (Å²) in [5.74, 6) is 0.416. The number of rotatable bonds is 6. The molecule has 0 saturated carbocycles. The summed E-state index contributed by atoms with van der Waals surface area (Å²) in [5.41, 5.74) is 2.01. The molecule has 136 valence electrons. The van der Waals surface area contributed by atoms with Gasteiger partial charge < -0.3 is 5.32 Å². The Balaban J connectivity index is 1.55. The van der Waals surface area contributed by atoms with Gasteiger partial charge in [0.25, 0.3) is 11.7 Å². The molecule has 4 rings (SSSR count). The van der Waals surface area contributed by atoms with Crippen LogP contribution in [0.4, 0.5) is 0 Å². The van der Waals surface area contributed by atoms with Gasteiger partial charge in [-0.2, -0.15) is 19.7 Å². The number of nitrogens with zero attached hydrogens (tertiary/aromatic N) is 6. The average Bonchev–Trinajstić information content (AvgIpc) is 3.37. The summed E-state index contributed by atoms with van der Waals surface area (Å²) in [6.45, 7) is 3.32. The van der Waals surface area contributed by atoms with Crippen molar-refractivity contribution >= 4 is 11.7 Å². The Morgan fingerprint density at radius 3 is 2.81 bits per heavy atom. The van der Waals surface area contributed by atoms with Crippen LogP contribution in [-0.4, -0.2) is 41.8 Å². The Labute approximate surface area is 155 Å². The number of hydrogen-bond acceptors (Lipinski definition) is 5.